The van der Waals surface area contributed by atoms with Crippen molar-refractivity contribution in [1.82, 2.24) is 14.5 Å². The van der Waals surface area contributed by atoms with E-state index in [9.17, 15) is 22.4 Å². The number of nitrogens with one attached hydrogen (secondary N) is 1. The molecule has 0 aliphatic carbocycles. The van der Waals surface area contributed by atoms with Crippen molar-refractivity contribution in [2.24, 2.45) is 0 Å². The Kier molecular flexibility index (Phi) is 10.3. The molecule has 192 valence electrons. The molecule has 2 amide bonds. The topological polar surface area (TPSA) is 90.0 Å². The third-order valence-electron chi connectivity index (χ3n) is 5.21. The summed E-state index contributed by atoms with van der Waals surface area (Å²) >= 11 is 12.1. The summed E-state index contributed by atoms with van der Waals surface area (Å²) < 4.78 is 42.3. The number of carbonyl (C=O) groups is 2. The Balaban J connectivity index is 2.53. The highest BCUT2D eigenvalue weighted by atomic mass is 35.5. The highest BCUT2D eigenvalue weighted by molar-refractivity contribution is 7.90. The first kappa shape index (κ1) is 28.8. The van der Waals surface area contributed by atoms with Gasteiger partial charge in [-0.15, -0.1) is 0 Å². The summed E-state index contributed by atoms with van der Waals surface area (Å²) in [4.78, 5) is 27.7. The van der Waals surface area contributed by atoms with E-state index in [0.29, 0.717) is 21.4 Å². The van der Waals surface area contributed by atoms with Crippen LogP contribution in [0.2, 0.25) is 10.0 Å². The number of para-hydroxylation sites is 1. The Bertz CT molecular complexity index is 1160. The molecule has 35 heavy (non-hydrogen) atoms. The van der Waals surface area contributed by atoms with E-state index in [0.717, 1.165) is 10.4 Å². The SMILES string of the molecule is CCNC(=O)[C@@H](CC)N(Cc1ccc(Cl)c(Cl)c1)C(=O)CN(c1ccccc1F)S(=O)(=O)N(C)C. The smallest absolute Gasteiger partial charge is 0.304 e. The van der Waals surface area contributed by atoms with Crippen LogP contribution >= 0.6 is 23.2 Å². The second-order valence-corrected chi connectivity index (χ2v) is 10.7. The molecule has 0 aromatic heterocycles. The number of rotatable bonds is 11. The summed E-state index contributed by atoms with van der Waals surface area (Å²) in [5.41, 5.74) is 0.304. The maximum atomic E-state index is 14.6. The summed E-state index contributed by atoms with van der Waals surface area (Å²) in [5.74, 6) is -1.89. The van der Waals surface area contributed by atoms with E-state index in [1.54, 1.807) is 32.0 Å². The van der Waals surface area contributed by atoms with Crippen molar-refractivity contribution in [3.8, 4) is 0 Å². The molecular formula is C23H29Cl2FN4O4S. The molecule has 0 saturated carbocycles. The van der Waals surface area contributed by atoms with E-state index in [4.69, 9.17) is 23.2 Å². The minimum Gasteiger partial charge on any atom is -0.355 e. The van der Waals surface area contributed by atoms with Gasteiger partial charge in [-0.2, -0.15) is 12.7 Å². The normalized spacial score (nSPS) is 12.3. The monoisotopic (exact) mass is 546 g/mol. The van der Waals surface area contributed by atoms with E-state index in [1.807, 2.05) is 0 Å². The molecule has 0 fully saturated rings. The van der Waals surface area contributed by atoms with Crippen LogP contribution in [0.3, 0.4) is 0 Å². The number of hydrogen-bond donors (Lipinski definition) is 1. The summed E-state index contributed by atoms with van der Waals surface area (Å²) in [6.45, 7) is 3.07. The number of likely N-dealkylation sites (N-methyl/N-ethyl adjacent to an activating group) is 1. The van der Waals surface area contributed by atoms with Gasteiger partial charge in [0.25, 0.3) is 0 Å². The zero-order valence-corrected chi connectivity index (χ0v) is 22.3. The van der Waals surface area contributed by atoms with Gasteiger partial charge in [0, 0.05) is 27.2 Å². The fourth-order valence-corrected chi connectivity index (χ4v) is 4.79. The van der Waals surface area contributed by atoms with E-state index in [-0.39, 0.29) is 23.7 Å². The molecule has 8 nitrogen and oxygen atoms in total. The molecule has 1 N–H and O–H groups in total. The molecule has 0 unspecified atom stereocenters. The number of hydrogen-bond acceptors (Lipinski definition) is 4. The van der Waals surface area contributed by atoms with Gasteiger partial charge in [0.15, 0.2) is 0 Å². The van der Waals surface area contributed by atoms with Crippen LogP contribution in [0.5, 0.6) is 0 Å². The maximum absolute atomic E-state index is 14.6. The van der Waals surface area contributed by atoms with E-state index in [2.05, 4.69) is 5.32 Å². The van der Waals surface area contributed by atoms with Gasteiger partial charge in [-0.05, 0) is 43.2 Å². The lowest BCUT2D eigenvalue weighted by Gasteiger charge is -2.34. The van der Waals surface area contributed by atoms with Crippen LogP contribution in [0.1, 0.15) is 25.8 Å². The quantitative estimate of drug-likeness (QED) is 0.465. The highest BCUT2D eigenvalue weighted by Gasteiger charge is 2.34. The van der Waals surface area contributed by atoms with Crippen LogP contribution in [0.4, 0.5) is 10.1 Å². The first-order valence-electron chi connectivity index (χ1n) is 10.9. The van der Waals surface area contributed by atoms with Gasteiger partial charge >= 0.3 is 10.2 Å². The second kappa shape index (κ2) is 12.5. The van der Waals surface area contributed by atoms with Gasteiger partial charge in [0.1, 0.15) is 18.4 Å². The number of nitrogens with zero attached hydrogens (tertiary/aromatic N) is 3. The lowest BCUT2D eigenvalue weighted by Crippen LogP contribution is -2.53. The Morgan fingerprint density at radius 3 is 2.26 bits per heavy atom. The average molecular weight is 547 g/mol. The minimum atomic E-state index is -4.25. The number of benzene rings is 2. The van der Waals surface area contributed by atoms with Crippen LogP contribution in [0, 0.1) is 5.82 Å². The summed E-state index contributed by atoms with van der Waals surface area (Å²) in [7, 11) is -1.69. The molecule has 1 atom stereocenters. The second-order valence-electron chi connectivity index (χ2n) is 7.84. The lowest BCUT2D eigenvalue weighted by molar-refractivity contribution is -0.140. The third kappa shape index (κ3) is 7.07. The van der Waals surface area contributed by atoms with Crippen molar-refractivity contribution in [2.75, 3.05) is 31.5 Å². The predicted octanol–water partition coefficient (Wildman–Crippen LogP) is 3.69. The van der Waals surface area contributed by atoms with Crippen LogP contribution in [-0.2, 0) is 26.3 Å². The van der Waals surface area contributed by atoms with Crippen LogP contribution in [0.15, 0.2) is 42.5 Å². The molecule has 2 aromatic rings. The largest absolute Gasteiger partial charge is 0.355 e. The average Bonchev–Trinajstić information content (AvgIpc) is 2.80. The highest BCUT2D eigenvalue weighted by Crippen LogP contribution is 2.26. The molecule has 0 aliphatic heterocycles. The molecule has 0 bridgehead atoms. The summed E-state index contributed by atoms with van der Waals surface area (Å²) in [6, 6.07) is 9.16. The van der Waals surface area contributed by atoms with Gasteiger partial charge in [0.05, 0.1) is 15.7 Å². The van der Waals surface area contributed by atoms with Crippen molar-refractivity contribution in [1.29, 1.82) is 0 Å². The molecule has 0 heterocycles. The summed E-state index contributed by atoms with van der Waals surface area (Å²) in [5, 5.41) is 3.30. The standard InChI is InChI=1S/C23H29Cl2FN4O4S/c1-5-20(23(32)27-6-2)29(14-16-11-12-17(24)18(25)13-16)22(31)15-30(35(33,34)28(3)4)21-10-8-7-9-19(21)26/h7-13,20H,5-6,14-15H2,1-4H3,(H,27,32)/t20-/m1/s1. The minimum absolute atomic E-state index is 0.0432. The Morgan fingerprint density at radius 1 is 1.06 bits per heavy atom. The van der Waals surface area contributed by atoms with Gasteiger partial charge in [-0.1, -0.05) is 48.3 Å². The molecule has 2 aromatic carbocycles. The molecule has 12 heteroatoms. The molecule has 0 radical (unpaired) electrons. The number of halogens is 3. The lowest BCUT2D eigenvalue weighted by atomic mass is 10.1. The molecule has 0 saturated heterocycles. The van der Waals surface area contributed by atoms with Crippen molar-refractivity contribution in [2.45, 2.75) is 32.9 Å². The van der Waals surface area contributed by atoms with E-state index < -0.39 is 40.4 Å². The van der Waals surface area contributed by atoms with Gasteiger partial charge < -0.3 is 10.2 Å². The van der Waals surface area contributed by atoms with Gasteiger partial charge in [0.2, 0.25) is 11.8 Å². The zero-order valence-electron chi connectivity index (χ0n) is 20.0. The zero-order chi connectivity index (χ0) is 26.3. The maximum Gasteiger partial charge on any atom is 0.304 e. The first-order chi connectivity index (χ1) is 16.4. The van der Waals surface area contributed by atoms with Crippen molar-refractivity contribution < 1.29 is 22.4 Å². The first-order valence-corrected chi connectivity index (χ1v) is 13.0. The predicted molar refractivity (Wildman–Crippen MR) is 136 cm³/mol. The van der Waals surface area contributed by atoms with Gasteiger partial charge in [-0.3, -0.25) is 9.59 Å². The van der Waals surface area contributed by atoms with Crippen molar-refractivity contribution in [3.63, 3.8) is 0 Å². The van der Waals surface area contributed by atoms with E-state index >= 15 is 0 Å². The third-order valence-corrected chi connectivity index (χ3v) is 7.76. The Morgan fingerprint density at radius 2 is 1.71 bits per heavy atom. The van der Waals surface area contributed by atoms with Crippen molar-refractivity contribution >= 4 is 50.9 Å². The summed E-state index contributed by atoms with van der Waals surface area (Å²) in [6.07, 6.45) is 0.263. The number of anilines is 1. The molecular weight excluding hydrogens is 518 g/mol. The van der Waals surface area contributed by atoms with Gasteiger partial charge in [-0.25, -0.2) is 8.70 Å². The van der Waals surface area contributed by atoms with Crippen LogP contribution in [0.25, 0.3) is 0 Å². The van der Waals surface area contributed by atoms with Crippen LogP contribution in [-0.4, -0.2) is 62.7 Å². The Labute approximate surface area is 215 Å². The van der Waals surface area contributed by atoms with Crippen molar-refractivity contribution in [3.05, 3.63) is 63.9 Å². The molecule has 0 spiro atoms. The number of carbonyl (C=O) groups excluding carboxylic acids is 2. The van der Waals surface area contributed by atoms with Crippen LogP contribution < -0.4 is 9.62 Å². The number of amides is 2. The fourth-order valence-electron chi connectivity index (χ4n) is 3.40. The fraction of sp³-hybridized carbons (Fsp3) is 0.391. The molecule has 0 aliphatic rings. The van der Waals surface area contributed by atoms with E-state index in [1.165, 1.54) is 37.2 Å². The Hall–Kier alpha value is -2.40. The molecule has 2 rings (SSSR count).